The van der Waals surface area contributed by atoms with Crippen LogP contribution in [-0.2, 0) is 12.8 Å². The van der Waals surface area contributed by atoms with Crippen LogP contribution >= 0.6 is 12.6 Å². The number of hydrogen-bond donors (Lipinski definition) is 1. The van der Waals surface area contributed by atoms with Gasteiger partial charge in [-0.05, 0) is 79.3 Å². The smallest absolute Gasteiger partial charge is 0.140 e. The van der Waals surface area contributed by atoms with Crippen LogP contribution in [0, 0.1) is 0 Å². The molecule has 0 aliphatic heterocycles. The Balaban J connectivity index is 1.61. The van der Waals surface area contributed by atoms with E-state index in [1.807, 2.05) is 42.5 Å². The minimum atomic E-state index is 0.719. The highest BCUT2D eigenvalue weighted by molar-refractivity contribution is 7.80. The first-order valence-corrected chi connectivity index (χ1v) is 11.0. The van der Waals surface area contributed by atoms with Gasteiger partial charge in [-0.3, -0.25) is 0 Å². The molecule has 29 heavy (non-hydrogen) atoms. The van der Waals surface area contributed by atoms with Gasteiger partial charge in [0.25, 0.3) is 0 Å². The van der Waals surface area contributed by atoms with Crippen molar-refractivity contribution in [3.8, 4) is 23.0 Å². The van der Waals surface area contributed by atoms with Gasteiger partial charge in [0.1, 0.15) is 23.0 Å². The minimum Gasteiger partial charge on any atom is -0.457 e. The quantitative estimate of drug-likeness (QED) is 0.342. The zero-order valence-electron chi connectivity index (χ0n) is 17.4. The van der Waals surface area contributed by atoms with E-state index in [-0.39, 0.29) is 0 Å². The molecule has 0 saturated carbocycles. The molecule has 0 radical (unpaired) electrons. The van der Waals surface area contributed by atoms with Gasteiger partial charge in [0, 0.05) is 0 Å². The summed E-state index contributed by atoms with van der Waals surface area (Å²) in [7, 11) is 0. The van der Waals surface area contributed by atoms with Gasteiger partial charge >= 0.3 is 0 Å². The molecule has 0 fully saturated rings. The molecule has 0 saturated heterocycles. The summed E-state index contributed by atoms with van der Waals surface area (Å²) in [5.74, 6) is 3.11. The number of hydrogen-bond acceptors (Lipinski definition) is 3. The zero-order valence-corrected chi connectivity index (χ0v) is 18.3. The average Bonchev–Trinajstić information content (AvgIpc) is 2.74. The molecule has 3 rings (SSSR count). The SMILES string of the molecule is CCCCc1ccc(Oc2ccc(Oc3ccc(CCCC)cc3)c(S)c2)cc1. The van der Waals surface area contributed by atoms with Gasteiger partial charge < -0.3 is 9.47 Å². The van der Waals surface area contributed by atoms with Gasteiger partial charge in [-0.15, -0.1) is 12.6 Å². The van der Waals surface area contributed by atoms with Crippen LogP contribution in [0.4, 0.5) is 0 Å². The molecule has 0 unspecified atom stereocenters. The van der Waals surface area contributed by atoms with Crippen LogP contribution in [0.3, 0.4) is 0 Å². The Bertz CT molecular complexity index is 886. The van der Waals surface area contributed by atoms with Crippen LogP contribution in [0.1, 0.15) is 50.7 Å². The predicted molar refractivity (Wildman–Crippen MR) is 124 cm³/mol. The van der Waals surface area contributed by atoms with Crippen molar-refractivity contribution in [1.29, 1.82) is 0 Å². The molecule has 0 aliphatic carbocycles. The molecule has 0 heterocycles. The fraction of sp³-hybridized carbons (Fsp3) is 0.308. The summed E-state index contributed by atoms with van der Waals surface area (Å²) in [6.45, 7) is 4.42. The van der Waals surface area contributed by atoms with Crippen molar-refractivity contribution in [2.45, 2.75) is 57.3 Å². The van der Waals surface area contributed by atoms with E-state index >= 15 is 0 Å². The lowest BCUT2D eigenvalue weighted by atomic mass is 10.1. The maximum Gasteiger partial charge on any atom is 0.140 e. The molecule has 0 spiro atoms. The molecule has 152 valence electrons. The molecule has 0 bridgehead atoms. The summed E-state index contributed by atoms with van der Waals surface area (Å²) < 4.78 is 12.0. The Morgan fingerprint density at radius 3 is 1.59 bits per heavy atom. The molecule has 0 amide bonds. The molecule has 0 atom stereocenters. The second-order valence-electron chi connectivity index (χ2n) is 7.33. The Hall–Kier alpha value is -2.39. The minimum absolute atomic E-state index is 0.719. The zero-order chi connectivity index (χ0) is 20.5. The fourth-order valence-electron chi connectivity index (χ4n) is 3.12. The van der Waals surface area contributed by atoms with Gasteiger partial charge in [0.2, 0.25) is 0 Å². The maximum absolute atomic E-state index is 6.00. The third-order valence-electron chi connectivity index (χ3n) is 4.88. The Kier molecular flexibility index (Phi) is 8.06. The molecule has 0 aromatic heterocycles. The van der Waals surface area contributed by atoms with Crippen LogP contribution in [0.2, 0.25) is 0 Å². The lowest BCUT2D eigenvalue weighted by Crippen LogP contribution is -1.90. The van der Waals surface area contributed by atoms with Crippen LogP contribution in [0.15, 0.2) is 71.6 Å². The largest absolute Gasteiger partial charge is 0.457 e. The molecular weight excluding hydrogens is 376 g/mol. The third kappa shape index (κ3) is 6.57. The van der Waals surface area contributed by atoms with Crippen LogP contribution in [-0.4, -0.2) is 0 Å². The van der Waals surface area contributed by atoms with E-state index in [4.69, 9.17) is 9.47 Å². The number of thiol groups is 1. The second kappa shape index (κ2) is 11.0. The molecule has 0 aliphatic rings. The van der Waals surface area contributed by atoms with Crippen molar-refractivity contribution in [3.05, 3.63) is 77.9 Å². The van der Waals surface area contributed by atoms with Gasteiger partial charge in [0.15, 0.2) is 0 Å². The number of rotatable bonds is 10. The number of unbranched alkanes of at least 4 members (excludes halogenated alkanes) is 2. The topological polar surface area (TPSA) is 18.5 Å². The van der Waals surface area contributed by atoms with Crippen molar-refractivity contribution >= 4 is 12.6 Å². The first kappa shape index (κ1) is 21.3. The summed E-state index contributed by atoms with van der Waals surface area (Å²) in [5.41, 5.74) is 2.69. The van der Waals surface area contributed by atoms with E-state index in [1.54, 1.807) is 0 Å². The van der Waals surface area contributed by atoms with E-state index in [2.05, 4.69) is 50.7 Å². The second-order valence-corrected chi connectivity index (χ2v) is 7.81. The van der Waals surface area contributed by atoms with Crippen molar-refractivity contribution in [1.82, 2.24) is 0 Å². The van der Waals surface area contributed by atoms with Crippen LogP contribution in [0.5, 0.6) is 23.0 Å². The molecule has 3 aromatic rings. The molecule has 3 aromatic carbocycles. The fourth-order valence-corrected chi connectivity index (χ4v) is 3.37. The monoisotopic (exact) mass is 406 g/mol. The third-order valence-corrected chi connectivity index (χ3v) is 5.23. The lowest BCUT2D eigenvalue weighted by Gasteiger charge is -2.12. The van der Waals surface area contributed by atoms with Gasteiger partial charge in [-0.25, -0.2) is 0 Å². The average molecular weight is 407 g/mol. The van der Waals surface area contributed by atoms with Crippen molar-refractivity contribution in [3.63, 3.8) is 0 Å². The van der Waals surface area contributed by atoms with Gasteiger partial charge in [-0.1, -0.05) is 51.0 Å². The number of ether oxygens (including phenoxy) is 2. The number of aryl methyl sites for hydroxylation is 2. The van der Waals surface area contributed by atoms with Crippen molar-refractivity contribution in [2.75, 3.05) is 0 Å². The van der Waals surface area contributed by atoms with Gasteiger partial charge in [-0.2, -0.15) is 0 Å². The molecule has 3 heteroatoms. The van der Waals surface area contributed by atoms with Crippen LogP contribution in [0.25, 0.3) is 0 Å². The summed E-state index contributed by atoms with van der Waals surface area (Å²) in [6.07, 6.45) is 7.07. The Morgan fingerprint density at radius 2 is 1.10 bits per heavy atom. The number of benzene rings is 3. The normalized spacial score (nSPS) is 10.7. The standard InChI is InChI=1S/C26H30O2S/c1-3-5-7-20-9-13-22(14-10-20)27-24-17-18-25(26(29)19-24)28-23-15-11-21(12-16-23)8-6-4-2/h9-19,29H,3-8H2,1-2H3. The molecule has 2 nitrogen and oxygen atoms in total. The summed E-state index contributed by atoms with van der Waals surface area (Å²) >= 11 is 4.58. The first-order chi connectivity index (χ1) is 14.2. The Labute approximate surface area is 180 Å². The first-order valence-electron chi connectivity index (χ1n) is 10.5. The lowest BCUT2D eigenvalue weighted by molar-refractivity contribution is 0.459. The summed E-state index contributed by atoms with van der Waals surface area (Å²) in [6, 6.07) is 22.3. The molecular formula is C26H30O2S. The predicted octanol–water partition coefficient (Wildman–Crippen LogP) is 8.25. The highest BCUT2D eigenvalue weighted by Gasteiger charge is 2.06. The highest BCUT2D eigenvalue weighted by atomic mass is 32.1. The van der Waals surface area contributed by atoms with Crippen molar-refractivity contribution in [2.24, 2.45) is 0 Å². The van der Waals surface area contributed by atoms with Crippen molar-refractivity contribution < 1.29 is 9.47 Å². The Morgan fingerprint density at radius 1 is 0.621 bits per heavy atom. The van der Waals surface area contributed by atoms with E-state index in [0.717, 1.165) is 40.7 Å². The van der Waals surface area contributed by atoms with E-state index in [0.29, 0.717) is 0 Å². The van der Waals surface area contributed by atoms with E-state index < -0.39 is 0 Å². The van der Waals surface area contributed by atoms with E-state index in [9.17, 15) is 0 Å². The summed E-state index contributed by atoms with van der Waals surface area (Å²) in [5, 5.41) is 0. The van der Waals surface area contributed by atoms with E-state index in [1.165, 1.54) is 36.8 Å². The maximum atomic E-state index is 6.00. The summed E-state index contributed by atoms with van der Waals surface area (Å²) in [4.78, 5) is 0.747. The molecule has 0 N–H and O–H groups in total. The highest BCUT2D eigenvalue weighted by Crippen LogP contribution is 2.33. The van der Waals surface area contributed by atoms with Crippen LogP contribution < -0.4 is 9.47 Å². The van der Waals surface area contributed by atoms with Gasteiger partial charge in [0.05, 0.1) is 4.90 Å².